The van der Waals surface area contributed by atoms with Crippen LogP contribution in [0.1, 0.15) is 43.6 Å². The van der Waals surface area contributed by atoms with Gasteiger partial charge in [-0.25, -0.2) is 4.79 Å². The first-order chi connectivity index (χ1) is 11.6. The first-order valence-corrected chi connectivity index (χ1v) is 8.76. The first kappa shape index (κ1) is 16.8. The number of rotatable bonds is 3. The van der Waals surface area contributed by atoms with Gasteiger partial charge in [-0.2, -0.15) is 0 Å². The number of nitrogens with one attached hydrogen (secondary N) is 2. The van der Waals surface area contributed by atoms with Crippen molar-refractivity contribution in [2.75, 3.05) is 25.0 Å². The van der Waals surface area contributed by atoms with E-state index in [0.29, 0.717) is 25.6 Å². The van der Waals surface area contributed by atoms with Gasteiger partial charge in [0.15, 0.2) is 0 Å². The number of carbonyl (C=O) groups is 2. The summed E-state index contributed by atoms with van der Waals surface area (Å²) in [5, 5.41) is 15.1. The summed E-state index contributed by atoms with van der Waals surface area (Å²) >= 11 is 0. The van der Waals surface area contributed by atoms with Gasteiger partial charge in [-0.3, -0.25) is 9.69 Å². The van der Waals surface area contributed by atoms with Gasteiger partial charge >= 0.3 is 6.09 Å². The third-order valence-corrected chi connectivity index (χ3v) is 5.05. The van der Waals surface area contributed by atoms with Crippen LogP contribution in [0.4, 0.5) is 10.5 Å². The molecule has 1 saturated heterocycles. The van der Waals surface area contributed by atoms with E-state index in [2.05, 4.69) is 22.8 Å². The maximum atomic E-state index is 12.4. The van der Waals surface area contributed by atoms with E-state index in [0.717, 1.165) is 5.69 Å². The molecule has 0 radical (unpaired) electrons. The Labute approximate surface area is 142 Å². The first-order valence-electron chi connectivity index (χ1n) is 8.76. The highest BCUT2D eigenvalue weighted by Crippen LogP contribution is 2.32. The summed E-state index contributed by atoms with van der Waals surface area (Å²) in [6, 6.07) is 7.32. The van der Waals surface area contributed by atoms with Crippen LogP contribution in [0.2, 0.25) is 0 Å². The van der Waals surface area contributed by atoms with Crippen LogP contribution in [0.25, 0.3) is 0 Å². The fourth-order valence-corrected chi connectivity index (χ4v) is 3.67. The van der Waals surface area contributed by atoms with Crippen LogP contribution in [-0.4, -0.2) is 47.7 Å². The summed E-state index contributed by atoms with van der Waals surface area (Å²) in [4.78, 5) is 24.9. The smallest absolute Gasteiger partial charge is 0.408 e. The Hall–Kier alpha value is -2.08. The molecule has 3 N–H and O–H groups in total. The second-order valence-electron chi connectivity index (χ2n) is 6.64. The van der Waals surface area contributed by atoms with Crippen LogP contribution >= 0.6 is 0 Å². The van der Waals surface area contributed by atoms with Crippen molar-refractivity contribution in [1.29, 1.82) is 0 Å². The fourth-order valence-electron chi connectivity index (χ4n) is 3.67. The zero-order valence-corrected chi connectivity index (χ0v) is 13.8. The van der Waals surface area contributed by atoms with Crippen LogP contribution in [0, 0.1) is 0 Å². The largest absolute Gasteiger partial charge is 0.465 e. The number of amides is 2. The minimum atomic E-state index is -1.05. The summed E-state index contributed by atoms with van der Waals surface area (Å²) in [6.07, 6.45) is 5.36. The Morgan fingerprint density at radius 1 is 1.12 bits per heavy atom. The molecule has 1 aliphatic carbocycles. The molecule has 6 heteroatoms. The van der Waals surface area contributed by atoms with Crippen LogP contribution in [0.5, 0.6) is 0 Å². The van der Waals surface area contributed by atoms with Gasteiger partial charge in [0.25, 0.3) is 0 Å². The van der Waals surface area contributed by atoms with E-state index in [9.17, 15) is 14.7 Å². The molecule has 1 heterocycles. The number of hydrogen-bond acceptors (Lipinski definition) is 3. The van der Waals surface area contributed by atoms with Gasteiger partial charge in [0.2, 0.25) is 5.91 Å². The topological polar surface area (TPSA) is 81.7 Å². The molecule has 0 bridgehead atoms. The summed E-state index contributed by atoms with van der Waals surface area (Å²) in [5.41, 5.74) is 2.05. The van der Waals surface area contributed by atoms with Crippen LogP contribution in [0.15, 0.2) is 24.3 Å². The Morgan fingerprint density at radius 2 is 1.83 bits per heavy atom. The predicted octanol–water partition coefficient (Wildman–Crippen LogP) is 2.62. The molecule has 24 heavy (non-hydrogen) atoms. The highest BCUT2D eigenvalue weighted by molar-refractivity contribution is 5.96. The fraction of sp³-hybridized carbons (Fsp3) is 0.556. The molecule has 1 saturated carbocycles. The lowest BCUT2D eigenvalue weighted by molar-refractivity contribution is -0.121. The number of piperazine rings is 1. The second kappa shape index (κ2) is 7.66. The molecule has 1 atom stereocenters. The second-order valence-corrected chi connectivity index (χ2v) is 6.64. The van der Waals surface area contributed by atoms with Gasteiger partial charge < -0.3 is 15.7 Å². The van der Waals surface area contributed by atoms with Crippen molar-refractivity contribution >= 4 is 17.7 Å². The molecule has 1 unspecified atom stereocenters. The van der Waals surface area contributed by atoms with Crippen LogP contribution in [-0.2, 0) is 4.79 Å². The van der Waals surface area contributed by atoms with Crippen molar-refractivity contribution in [1.82, 2.24) is 10.2 Å². The van der Waals surface area contributed by atoms with Gasteiger partial charge in [0, 0.05) is 25.3 Å². The predicted molar refractivity (Wildman–Crippen MR) is 92.3 cm³/mol. The Bertz CT molecular complexity index is 582. The molecular formula is C18H25N3O3. The van der Waals surface area contributed by atoms with Crippen molar-refractivity contribution in [3.63, 3.8) is 0 Å². The van der Waals surface area contributed by atoms with E-state index in [-0.39, 0.29) is 5.91 Å². The quantitative estimate of drug-likeness (QED) is 0.795. The van der Waals surface area contributed by atoms with Gasteiger partial charge in [0.05, 0.1) is 0 Å². The summed E-state index contributed by atoms with van der Waals surface area (Å²) < 4.78 is 0. The molecule has 1 aromatic rings. The molecular weight excluding hydrogens is 306 g/mol. The van der Waals surface area contributed by atoms with E-state index >= 15 is 0 Å². The van der Waals surface area contributed by atoms with E-state index in [1.54, 1.807) is 0 Å². The lowest BCUT2D eigenvalue weighted by atomic mass is 9.84. The average molecular weight is 331 g/mol. The standard InChI is InChI=1S/C18H25N3O3/c22-17(16-12-19-10-11-21(16)18(23)24)20-15-8-6-14(7-9-15)13-4-2-1-3-5-13/h6-9,13,16,19H,1-5,10-12H2,(H,20,22)(H,23,24). The van der Waals surface area contributed by atoms with E-state index in [4.69, 9.17) is 0 Å². The summed E-state index contributed by atoms with van der Waals surface area (Å²) in [7, 11) is 0. The normalized spacial score (nSPS) is 22.2. The number of benzene rings is 1. The minimum absolute atomic E-state index is 0.282. The molecule has 1 aromatic carbocycles. The number of anilines is 1. The Balaban J connectivity index is 1.62. The SMILES string of the molecule is O=C(Nc1ccc(C2CCCCC2)cc1)C1CNCCN1C(=O)O. The highest BCUT2D eigenvalue weighted by atomic mass is 16.4. The minimum Gasteiger partial charge on any atom is -0.465 e. The van der Waals surface area contributed by atoms with E-state index in [1.807, 2.05) is 12.1 Å². The number of hydrogen-bond donors (Lipinski definition) is 3. The van der Waals surface area contributed by atoms with Crippen molar-refractivity contribution in [3.8, 4) is 0 Å². The van der Waals surface area contributed by atoms with Gasteiger partial charge in [-0.1, -0.05) is 31.4 Å². The molecule has 130 valence electrons. The van der Waals surface area contributed by atoms with E-state index in [1.165, 1.54) is 42.6 Å². The third-order valence-electron chi connectivity index (χ3n) is 5.05. The molecule has 2 fully saturated rings. The third kappa shape index (κ3) is 3.87. The number of nitrogens with zero attached hydrogens (tertiary/aromatic N) is 1. The van der Waals surface area contributed by atoms with E-state index < -0.39 is 12.1 Å². The summed E-state index contributed by atoms with van der Waals surface area (Å²) in [6.45, 7) is 1.25. The Kier molecular flexibility index (Phi) is 5.35. The zero-order valence-electron chi connectivity index (χ0n) is 13.8. The molecule has 2 aliphatic rings. The van der Waals surface area contributed by atoms with Gasteiger partial charge in [-0.15, -0.1) is 0 Å². The molecule has 2 amide bonds. The zero-order chi connectivity index (χ0) is 16.9. The van der Waals surface area contributed by atoms with Gasteiger partial charge in [-0.05, 0) is 36.5 Å². The lowest BCUT2D eigenvalue weighted by Crippen LogP contribution is -2.58. The van der Waals surface area contributed by atoms with Crippen molar-refractivity contribution in [2.24, 2.45) is 0 Å². The lowest BCUT2D eigenvalue weighted by Gasteiger charge is -2.32. The van der Waals surface area contributed by atoms with Crippen LogP contribution < -0.4 is 10.6 Å². The average Bonchev–Trinajstić information content (AvgIpc) is 2.63. The highest BCUT2D eigenvalue weighted by Gasteiger charge is 2.32. The monoisotopic (exact) mass is 331 g/mol. The molecule has 0 aromatic heterocycles. The van der Waals surface area contributed by atoms with Crippen LogP contribution in [0.3, 0.4) is 0 Å². The molecule has 0 spiro atoms. The maximum Gasteiger partial charge on any atom is 0.408 e. The van der Waals surface area contributed by atoms with Gasteiger partial charge in [0.1, 0.15) is 6.04 Å². The summed E-state index contributed by atoms with van der Waals surface area (Å²) in [5.74, 6) is 0.351. The van der Waals surface area contributed by atoms with Crippen molar-refractivity contribution in [2.45, 2.75) is 44.1 Å². The molecule has 6 nitrogen and oxygen atoms in total. The number of carboxylic acid groups (broad SMARTS) is 1. The molecule has 1 aliphatic heterocycles. The Morgan fingerprint density at radius 3 is 2.50 bits per heavy atom. The van der Waals surface area contributed by atoms with Crippen molar-refractivity contribution < 1.29 is 14.7 Å². The number of carbonyl (C=O) groups excluding carboxylic acids is 1. The molecule has 3 rings (SSSR count). The maximum absolute atomic E-state index is 12.4. The van der Waals surface area contributed by atoms with Crippen molar-refractivity contribution in [3.05, 3.63) is 29.8 Å².